The number of likely N-dealkylation sites (N-methyl/N-ethyl adjacent to an activating group) is 2. The zero-order valence-corrected chi connectivity index (χ0v) is 13.0. The van der Waals surface area contributed by atoms with Crippen LogP contribution in [-0.2, 0) is 18.8 Å². The molecule has 0 N–H and O–H groups in total. The minimum atomic E-state index is -3.66. The lowest BCUT2D eigenvalue weighted by atomic mass is 10.0. The van der Waals surface area contributed by atoms with Gasteiger partial charge in [0.05, 0.1) is 14.2 Å². The van der Waals surface area contributed by atoms with Gasteiger partial charge in [0.1, 0.15) is 0 Å². The Morgan fingerprint density at radius 2 is 1.35 bits per heavy atom. The summed E-state index contributed by atoms with van der Waals surface area (Å²) in [7, 11) is 6.83. The quantitative estimate of drug-likeness (QED) is 0.721. The number of rotatable bonds is 5. The van der Waals surface area contributed by atoms with Crippen LogP contribution in [0.1, 0.15) is 13.8 Å². The molecule has 0 saturated carbocycles. The van der Waals surface area contributed by atoms with Gasteiger partial charge < -0.3 is 9.80 Å². The van der Waals surface area contributed by atoms with Gasteiger partial charge >= 0.3 is 10.4 Å². The lowest BCUT2D eigenvalue weighted by molar-refractivity contribution is 0.148. The van der Waals surface area contributed by atoms with Crippen LogP contribution in [0.2, 0.25) is 0 Å². The smallest absolute Gasteiger partial charge is 0.308 e. The molecule has 0 aromatic carbocycles. The molecule has 0 bridgehead atoms. The van der Waals surface area contributed by atoms with Crippen LogP contribution in [0.4, 0.5) is 0 Å². The maximum absolute atomic E-state index is 9.92. The van der Waals surface area contributed by atoms with Crippen LogP contribution in [0.25, 0.3) is 0 Å². The molecule has 0 aliphatic rings. The molecule has 0 aliphatic carbocycles. The van der Waals surface area contributed by atoms with E-state index in [2.05, 4.69) is 60.2 Å². The van der Waals surface area contributed by atoms with Gasteiger partial charge in [0.15, 0.2) is 0 Å². The summed E-state index contributed by atoms with van der Waals surface area (Å²) in [6, 6.07) is 0. The first kappa shape index (κ1) is 19.1. The summed E-state index contributed by atoms with van der Waals surface area (Å²) in [5, 5.41) is 0. The SMILES string of the molecule is CN(C)CC(C)(C)N(C)C.COS(=O)(=O)OC. The van der Waals surface area contributed by atoms with Gasteiger partial charge in [-0.1, -0.05) is 0 Å². The largest absolute Gasteiger partial charge is 0.399 e. The van der Waals surface area contributed by atoms with Crippen molar-refractivity contribution in [3.05, 3.63) is 0 Å². The predicted molar refractivity (Wildman–Crippen MR) is 69.3 cm³/mol. The highest BCUT2D eigenvalue weighted by Crippen LogP contribution is 2.09. The minimum Gasteiger partial charge on any atom is -0.308 e. The molecule has 106 valence electrons. The first-order chi connectivity index (χ1) is 7.48. The highest BCUT2D eigenvalue weighted by Gasteiger charge is 2.20. The van der Waals surface area contributed by atoms with E-state index in [0.717, 1.165) is 20.8 Å². The second kappa shape index (κ2) is 7.99. The van der Waals surface area contributed by atoms with Crippen LogP contribution in [-0.4, -0.2) is 72.7 Å². The minimum absolute atomic E-state index is 0.281. The maximum atomic E-state index is 9.92. The average Bonchev–Trinajstić information content (AvgIpc) is 2.16. The van der Waals surface area contributed by atoms with E-state index in [1.165, 1.54) is 0 Å². The van der Waals surface area contributed by atoms with Gasteiger partial charge in [0.2, 0.25) is 0 Å². The summed E-state index contributed by atoms with van der Waals surface area (Å²) in [5.41, 5.74) is 0.281. The molecule has 0 unspecified atom stereocenters. The number of nitrogens with zero attached hydrogens (tertiary/aromatic N) is 2. The van der Waals surface area contributed by atoms with Crippen molar-refractivity contribution in [1.82, 2.24) is 9.80 Å². The predicted octanol–water partition coefficient (Wildman–Crippen LogP) is 0.412. The average molecular weight is 270 g/mol. The maximum Gasteiger partial charge on any atom is 0.399 e. The highest BCUT2D eigenvalue weighted by atomic mass is 32.3. The molecule has 0 spiro atoms. The third-order valence-corrected chi connectivity index (χ3v) is 3.14. The Kier molecular flexibility index (Phi) is 9.00. The van der Waals surface area contributed by atoms with Gasteiger partial charge in [-0.2, -0.15) is 8.42 Å². The van der Waals surface area contributed by atoms with E-state index >= 15 is 0 Å². The van der Waals surface area contributed by atoms with Gasteiger partial charge in [-0.3, -0.25) is 8.37 Å². The van der Waals surface area contributed by atoms with E-state index in [0.29, 0.717) is 0 Å². The second-order valence-corrected chi connectivity index (χ2v) is 6.17. The van der Waals surface area contributed by atoms with Crippen molar-refractivity contribution >= 4 is 10.4 Å². The van der Waals surface area contributed by atoms with E-state index in [1.807, 2.05) is 0 Å². The summed E-state index contributed by atoms with van der Waals surface area (Å²) in [6.07, 6.45) is 0. The van der Waals surface area contributed by atoms with E-state index in [-0.39, 0.29) is 5.54 Å². The first-order valence-electron chi connectivity index (χ1n) is 5.17. The summed E-state index contributed by atoms with van der Waals surface area (Å²) in [6.45, 7) is 5.58. The molecular weight excluding hydrogens is 244 g/mol. The zero-order valence-electron chi connectivity index (χ0n) is 12.1. The molecule has 0 fully saturated rings. The van der Waals surface area contributed by atoms with Crippen LogP contribution in [0, 0.1) is 0 Å². The molecular formula is C10H26N2O4S. The molecule has 7 heteroatoms. The monoisotopic (exact) mass is 270 g/mol. The van der Waals surface area contributed by atoms with Gasteiger partial charge in [-0.15, -0.1) is 0 Å². The molecule has 0 heterocycles. The second-order valence-electron chi connectivity index (χ2n) is 4.69. The lowest BCUT2D eigenvalue weighted by Gasteiger charge is -2.34. The molecule has 0 aromatic heterocycles. The molecule has 6 nitrogen and oxygen atoms in total. The van der Waals surface area contributed by atoms with E-state index in [4.69, 9.17) is 0 Å². The van der Waals surface area contributed by atoms with Crippen molar-refractivity contribution in [1.29, 1.82) is 0 Å². The third-order valence-electron chi connectivity index (χ3n) is 2.32. The molecule has 0 rings (SSSR count). The fraction of sp³-hybridized carbons (Fsp3) is 1.00. The normalized spacial score (nSPS) is 12.6. The summed E-state index contributed by atoms with van der Waals surface area (Å²) < 4.78 is 27.5. The van der Waals surface area contributed by atoms with Gasteiger partial charge in [0, 0.05) is 12.1 Å². The molecule has 0 amide bonds. The fourth-order valence-electron chi connectivity index (χ4n) is 0.983. The highest BCUT2D eigenvalue weighted by molar-refractivity contribution is 7.81. The number of hydrogen-bond acceptors (Lipinski definition) is 6. The Bertz CT molecular complexity index is 277. The van der Waals surface area contributed by atoms with Crippen molar-refractivity contribution in [2.24, 2.45) is 0 Å². The topological polar surface area (TPSA) is 59.1 Å². The summed E-state index contributed by atoms with van der Waals surface area (Å²) >= 11 is 0. The van der Waals surface area contributed by atoms with Crippen molar-refractivity contribution in [3.8, 4) is 0 Å². The van der Waals surface area contributed by atoms with Crippen molar-refractivity contribution < 1.29 is 16.8 Å². The van der Waals surface area contributed by atoms with Crippen LogP contribution < -0.4 is 0 Å². The van der Waals surface area contributed by atoms with Crippen LogP contribution in [0.3, 0.4) is 0 Å². The zero-order chi connectivity index (χ0) is 14.3. The molecule has 0 radical (unpaired) electrons. The Morgan fingerprint density at radius 1 is 1.00 bits per heavy atom. The van der Waals surface area contributed by atoms with Crippen LogP contribution >= 0.6 is 0 Å². The molecule has 0 aliphatic heterocycles. The summed E-state index contributed by atoms with van der Waals surface area (Å²) in [5.74, 6) is 0. The molecule has 0 saturated heterocycles. The first-order valence-corrected chi connectivity index (χ1v) is 6.50. The number of hydrogen-bond donors (Lipinski definition) is 0. The van der Waals surface area contributed by atoms with E-state index in [9.17, 15) is 8.42 Å². The van der Waals surface area contributed by atoms with Crippen molar-refractivity contribution in [2.75, 3.05) is 49.0 Å². The Hall–Kier alpha value is -0.210. The Morgan fingerprint density at radius 3 is 1.41 bits per heavy atom. The van der Waals surface area contributed by atoms with E-state index < -0.39 is 10.4 Å². The molecule has 0 aromatic rings. The lowest BCUT2D eigenvalue weighted by Crippen LogP contribution is -2.46. The van der Waals surface area contributed by atoms with Crippen LogP contribution in [0.5, 0.6) is 0 Å². The van der Waals surface area contributed by atoms with Gasteiger partial charge in [0.25, 0.3) is 0 Å². The van der Waals surface area contributed by atoms with E-state index in [1.54, 1.807) is 0 Å². The Labute approximate surface area is 106 Å². The third kappa shape index (κ3) is 10.7. The molecule has 0 atom stereocenters. The Balaban J connectivity index is 0. The standard InChI is InChI=1S/C8H20N2.C2H6O4S/c1-8(2,10(5)6)7-9(3)4;1-5-7(3,4)6-2/h7H2,1-6H3;1-2H3. The fourth-order valence-corrected chi connectivity index (χ4v) is 1.12. The van der Waals surface area contributed by atoms with Crippen molar-refractivity contribution in [3.63, 3.8) is 0 Å². The van der Waals surface area contributed by atoms with Gasteiger partial charge in [-0.05, 0) is 42.0 Å². The molecule has 17 heavy (non-hydrogen) atoms. The van der Waals surface area contributed by atoms with Gasteiger partial charge in [-0.25, -0.2) is 0 Å². The van der Waals surface area contributed by atoms with Crippen LogP contribution in [0.15, 0.2) is 0 Å². The summed E-state index contributed by atoms with van der Waals surface area (Å²) in [4.78, 5) is 4.45. The van der Waals surface area contributed by atoms with Crippen molar-refractivity contribution in [2.45, 2.75) is 19.4 Å².